The van der Waals surface area contributed by atoms with Crippen LogP contribution in [-0.2, 0) is 6.54 Å². The second-order valence-corrected chi connectivity index (χ2v) is 6.19. The normalized spacial score (nSPS) is 17.8. The van der Waals surface area contributed by atoms with Crippen molar-refractivity contribution in [3.63, 3.8) is 0 Å². The van der Waals surface area contributed by atoms with Gasteiger partial charge in [0.1, 0.15) is 5.75 Å². The van der Waals surface area contributed by atoms with Crippen molar-refractivity contribution in [2.45, 2.75) is 32.4 Å². The lowest BCUT2D eigenvalue weighted by molar-refractivity contribution is 0.100. The predicted molar refractivity (Wildman–Crippen MR) is 95.0 cm³/mol. The fourth-order valence-corrected chi connectivity index (χ4v) is 3.35. The largest absolute Gasteiger partial charge is 0.494 e. The van der Waals surface area contributed by atoms with Crippen LogP contribution in [0.2, 0.25) is 0 Å². The van der Waals surface area contributed by atoms with E-state index in [2.05, 4.69) is 29.2 Å². The Labute approximate surface area is 143 Å². The first-order valence-electron chi connectivity index (χ1n) is 8.53. The van der Waals surface area contributed by atoms with Gasteiger partial charge in [-0.15, -0.1) is 0 Å². The molecule has 0 aromatic heterocycles. The van der Waals surface area contributed by atoms with E-state index in [1.54, 1.807) is 12.1 Å². The highest BCUT2D eigenvalue weighted by Crippen LogP contribution is 2.33. The van der Waals surface area contributed by atoms with Crippen LogP contribution in [0, 0.1) is 0 Å². The highest BCUT2D eigenvalue weighted by molar-refractivity contribution is 5.92. The van der Waals surface area contributed by atoms with Gasteiger partial charge in [-0.3, -0.25) is 9.69 Å². The third-order valence-electron chi connectivity index (χ3n) is 4.56. The van der Waals surface area contributed by atoms with Gasteiger partial charge in [0, 0.05) is 18.2 Å². The number of nitrogens with two attached hydrogens (primary N) is 1. The van der Waals surface area contributed by atoms with E-state index in [0.717, 1.165) is 18.8 Å². The van der Waals surface area contributed by atoms with E-state index < -0.39 is 0 Å². The third-order valence-corrected chi connectivity index (χ3v) is 4.56. The van der Waals surface area contributed by atoms with Gasteiger partial charge in [-0.1, -0.05) is 24.3 Å². The predicted octanol–water partition coefficient (Wildman–Crippen LogP) is 3.52. The molecule has 1 amide bonds. The molecule has 0 unspecified atom stereocenters. The number of hydrogen-bond acceptors (Lipinski definition) is 3. The summed E-state index contributed by atoms with van der Waals surface area (Å²) < 4.78 is 5.53. The number of ether oxygens (including phenoxy) is 1. The van der Waals surface area contributed by atoms with Crippen LogP contribution < -0.4 is 10.5 Å². The summed E-state index contributed by atoms with van der Waals surface area (Å²) in [6, 6.07) is 16.5. The highest BCUT2D eigenvalue weighted by Gasteiger charge is 2.25. The Morgan fingerprint density at radius 1 is 1.17 bits per heavy atom. The topological polar surface area (TPSA) is 55.6 Å². The molecule has 24 heavy (non-hydrogen) atoms. The molecule has 1 aliphatic rings. The van der Waals surface area contributed by atoms with E-state index in [1.807, 2.05) is 19.1 Å². The zero-order chi connectivity index (χ0) is 16.9. The second-order valence-electron chi connectivity index (χ2n) is 6.19. The van der Waals surface area contributed by atoms with Crippen LogP contribution in [0.15, 0.2) is 48.5 Å². The van der Waals surface area contributed by atoms with Crippen molar-refractivity contribution >= 4 is 5.91 Å². The summed E-state index contributed by atoms with van der Waals surface area (Å²) in [6.45, 7) is 4.67. The summed E-state index contributed by atoms with van der Waals surface area (Å²) in [5, 5.41) is 0. The number of rotatable bonds is 6. The lowest BCUT2D eigenvalue weighted by Gasteiger charge is -2.25. The molecule has 1 atom stereocenters. The molecule has 1 saturated heterocycles. The van der Waals surface area contributed by atoms with Crippen molar-refractivity contribution in [1.29, 1.82) is 0 Å². The lowest BCUT2D eigenvalue weighted by atomic mass is 10.0. The quantitative estimate of drug-likeness (QED) is 0.884. The Bertz CT molecular complexity index is 680. The standard InChI is InChI=1S/C20H24N2O2/c1-2-24-18-11-9-16(10-12-18)19-4-3-13-22(19)14-15-5-7-17(8-6-15)20(21)23/h5-12,19H,2-4,13-14H2,1H3,(H2,21,23)/t19-/m0/s1. The van der Waals surface area contributed by atoms with Gasteiger partial charge in [-0.05, 0) is 61.7 Å². The first-order valence-corrected chi connectivity index (χ1v) is 8.53. The van der Waals surface area contributed by atoms with Gasteiger partial charge in [-0.25, -0.2) is 0 Å². The maximum absolute atomic E-state index is 11.2. The van der Waals surface area contributed by atoms with E-state index in [0.29, 0.717) is 18.2 Å². The number of benzene rings is 2. The smallest absolute Gasteiger partial charge is 0.248 e. The van der Waals surface area contributed by atoms with Crippen molar-refractivity contribution in [3.8, 4) is 5.75 Å². The molecule has 0 bridgehead atoms. The summed E-state index contributed by atoms with van der Waals surface area (Å²) in [6.07, 6.45) is 2.38. The van der Waals surface area contributed by atoms with Gasteiger partial charge in [0.15, 0.2) is 0 Å². The van der Waals surface area contributed by atoms with Crippen LogP contribution in [0.5, 0.6) is 5.75 Å². The molecule has 2 aromatic rings. The van der Waals surface area contributed by atoms with Crippen molar-refractivity contribution < 1.29 is 9.53 Å². The molecule has 0 spiro atoms. The summed E-state index contributed by atoms with van der Waals surface area (Å²) in [5.41, 5.74) is 8.40. The number of hydrogen-bond donors (Lipinski definition) is 1. The summed E-state index contributed by atoms with van der Waals surface area (Å²) in [5.74, 6) is 0.544. The van der Waals surface area contributed by atoms with Crippen molar-refractivity contribution in [3.05, 3.63) is 65.2 Å². The Kier molecular flexibility index (Phi) is 5.16. The molecule has 126 valence electrons. The lowest BCUT2D eigenvalue weighted by Crippen LogP contribution is -2.22. The van der Waals surface area contributed by atoms with E-state index in [-0.39, 0.29) is 5.91 Å². The van der Waals surface area contributed by atoms with Crippen LogP contribution in [0.1, 0.15) is 47.3 Å². The van der Waals surface area contributed by atoms with Gasteiger partial charge in [0.25, 0.3) is 0 Å². The monoisotopic (exact) mass is 324 g/mol. The van der Waals surface area contributed by atoms with Gasteiger partial charge in [0.2, 0.25) is 5.91 Å². The number of nitrogens with zero attached hydrogens (tertiary/aromatic N) is 1. The molecular weight excluding hydrogens is 300 g/mol. The van der Waals surface area contributed by atoms with E-state index in [1.165, 1.54) is 24.0 Å². The molecule has 2 N–H and O–H groups in total. The zero-order valence-electron chi connectivity index (χ0n) is 14.1. The van der Waals surface area contributed by atoms with Crippen LogP contribution in [0.4, 0.5) is 0 Å². The van der Waals surface area contributed by atoms with Crippen molar-refractivity contribution in [2.24, 2.45) is 5.73 Å². The minimum Gasteiger partial charge on any atom is -0.494 e. The second kappa shape index (κ2) is 7.49. The average Bonchev–Trinajstić information content (AvgIpc) is 3.04. The molecule has 0 saturated carbocycles. The molecule has 2 aromatic carbocycles. The molecule has 1 heterocycles. The van der Waals surface area contributed by atoms with Crippen LogP contribution >= 0.6 is 0 Å². The number of carbonyl (C=O) groups is 1. The zero-order valence-corrected chi connectivity index (χ0v) is 14.1. The summed E-state index contributed by atoms with van der Waals surface area (Å²) >= 11 is 0. The van der Waals surface area contributed by atoms with Crippen LogP contribution in [-0.4, -0.2) is 24.0 Å². The van der Waals surface area contributed by atoms with Crippen LogP contribution in [0.3, 0.4) is 0 Å². The molecule has 3 rings (SSSR count). The van der Waals surface area contributed by atoms with E-state index >= 15 is 0 Å². The Balaban J connectivity index is 1.69. The third kappa shape index (κ3) is 3.77. The van der Waals surface area contributed by atoms with Gasteiger partial charge < -0.3 is 10.5 Å². The fraction of sp³-hybridized carbons (Fsp3) is 0.350. The van der Waals surface area contributed by atoms with Crippen LogP contribution in [0.25, 0.3) is 0 Å². The molecule has 0 radical (unpaired) electrons. The summed E-state index contributed by atoms with van der Waals surface area (Å²) in [4.78, 5) is 13.7. The number of amides is 1. The van der Waals surface area contributed by atoms with Crippen molar-refractivity contribution in [2.75, 3.05) is 13.2 Å². The highest BCUT2D eigenvalue weighted by atomic mass is 16.5. The first-order chi connectivity index (χ1) is 11.7. The Hall–Kier alpha value is -2.33. The molecule has 0 aliphatic carbocycles. The van der Waals surface area contributed by atoms with E-state index in [4.69, 9.17) is 10.5 Å². The molecular formula is C20H24N2O2. The number of primary amides is 1. The van der Waals surface area contributed by atoms with Gasteiger partial charge >= 0.3 is 0 Å². The minimum absolute atomic E-state index is 0.380. The van der Waals surface area contributed by atoms with E-state index in [9.17, 15) is 4.79 Å². The summed E-state index contributed by atoms with van der Waals surface area (Å²) in [7, 11) is 0. The maximum Gasteiger partial charge on any atom is 0.248 e. The molecule has 1 fully saturated rings. The number of carbonyl (C=O) groups excluding carboxylic acids is 1. The molecule has 4 heteroatoms. The number of likely N-dealkylation sites (tertiary alicyclic amines) is 1. The molecule has 4 nitrogen and oxygen atoms in total. The van der Waals surface area contributed by atoms with Gasteiger partial charge in [-0.2, -0.15) is 0 Å². The minimum atomic E-state index is -0.380. The van der Waals surface area contributed by atoms with Crippen molar-refractivity contribution in [1.82, 2.24) is 4.90 Å². The van der Waals surface area contributed by atoms with Gasteiger partial charge in [0.05, 0.1) is 6.61 Å². The SMILES string of the molecule is CCOc1ccc([C@@H]2CCCN2Cc2ccc(C(N)=O)cc2)cc1. The Morgan fingerprint density at radius 3 is 2.50 bits per heavy atom. The molecule has 1 aliphatic heterocycles. The average molecular weight is 324 g/mol. The Morgan fingerprint density at radius 2 is 1.88 bits per heavy atom. The first kappa shape index (κ1) is 16.5. The maximum atomic E-state index is 11.2. The fourth-order valence-electron chi connectivity index (χ4n) is 3.35.